The van der Waals surface area contributed by atoms with Gasteiger partial charge < -0.3 is 9.88 Å². The molecule has 5 nitrogen and oxygen atoms in total. The fourth-order valence-electron chi connectivity index (χ4n) is 2.16. The highest BCUT2D eigenvalue weighted by atomic mass is 32.2. The van der Waals surface area contributed by atoms with Crippen LogP contribution < -0.4 is 10.5 Å². The summed E-state index contributed by atoms with van der Waals surface area (Å²) in [4.78, 5) is 0.138. The summed E-state index contributed by atoms with van der Waals surface area (Å²) in [5.41, 5.74) is 3.87. The molecule has 0 unspecified atom stereocenters. The monoisotopic (exact) mass is 307 g/mol. The van der Waals surface area contributed by atoms with Crippen LogP contribution in [0, 0.1) is 13.8 Å². The van der Waals surface area contributed by atoms with Gasteiger partial charge in [-0.2, -0.15) is 0 Å². The second-order valence-electron chi connectivity index (χ2n) is 5.16. The third-order valence-electron chi connectivity index (χ3n) is 3.63. The molecule has 1 aromatic carbocycles. The molecular weight excluding hydrogens is 286 g/mol. The summed E-state index contributed by atoms with van der Waals surface area (Å²) in [5.74, 6) is 0. The number of hydrogen-bond donors (Lipinski definition) is 2. The number of aryl methyl sites for hydroxylation is 2. The zero-order valence-corrected chi connectivity index (χ0v) is 13.4. The van der Waals surface area contributed by atoms with Gasteiger partial charge in [-0.25, -0.2) is 13.6 Å². The van der Waals surface area contributed by atoms with E-state index in [1.807, 2.05) is 26.1 Å². The molecule has 3 N–H and O–H groups in total. The van der Waals surface area contributed by atoms with Gasteiger partial charge in [0.05, 0.1) is 4.90 Å². The maximum absolute atomic E-state index is 11.5. The van der Waals surface area contributed by atoms with E-state index in [9.17, 15) is 8.42 Å². The topological polar surface area (TPSA) is 77.1 Å². The van der Waals surface area contributed by atoms with E-state index < -0.39 is 10.0 Å². The summed E-state index contributed by atoms with van der Waals surface area (Å²) in [6.45, 7) is 7.49. The molecule has 0 spiro atoms. The highest BCUT2D eigenvalue weighted by molar-refractivity contribution is 7.89. The van der Waals surface area contributed by atoms with E-state index in [1.54, 1.807) is 12.1 Å². The Bertz CT molecular complexity index is 748. The lowest BCUT2D eigenvalue weighted by Crippen LogP contribution is -2.13. The first-order valence-electron chi connectivity index (χ1n) is 6.84. The van der Waals surface area contributed by atoms with E-state index in [0.717, 1.165) is 28.9 Å². The lowest BCUT2D eigenvalue weighted by Gasteiger charge is -2.13. The largest absolute Gasteiger partial charge is 0.381 e. The number of anilines is 1. The number of aromatic nitrogens is 1. The van der Waals surface area contributed by atoms with E-state index >= 15 is 0 Å². The van der Waals surface area contributed by atoms with Crippen LogP contribution in [0.1, 0.15) is 23.6 Å². The Morgan fingerprint density at radius 3 is 2.57 bits per heavy atom. The number of nitrogens with zero attached hydrogens (tertiary/aromatic N) is 1. The zero-order valence-electron chi connectivity index (χ0n) is 12.6. The molecule has 0 aliphatic carbocycles. The molecule has 114 valence electrons. The van der Waals surface area contributed by atoms with Crippen molar-refractivity contribution in [2.24, 2.45) is 5.14 Å². The minimum Gasteiger partial charge on any atom is -0.381 e. The van der Waals surface area contributed by atoms with Crippen molar-refractivity contribution in [3.63, 3.8) is 0 Å². The number of hydrogen-bond acceptors (Lipinski definition) is 3. The van der Waals surface area contributed by atoms with Crippen molar-refractivity contribution in [3.05, 3.63) is 47.3 Å². The van der Waals surface area contributed by atoms with E-state index in [4.69, 9.17) is 5.14 Å². The molecule has 0 saturated heterocycles. The van der Waals surface area contributed by atoms with E-state index in [2.05, 4.69) is 23.0 Å². The number of benzene rings is 1. The van der Waals surface area contributed by atoms with Crippen LogP contribution in [0.2, 0.25) is 0 Å². The smallest absolute Gasteiger partial charge is 0.238 e. The Morgan fingerprint density at radius 1 is 1.29 bits per heavy atom. The Morgan fingerprint density at radius 2 is 2.00 bits per heavy atom. The fraction of sp³-hybridized carbons (Fsp3) is 0.333. The molecule has 0 aliphatic rings. The first-order chi connectivity index (χ1) is 9.81. The molecule has 0 saturated carbocycles. The second-order valence-corrected chi connectivity index (χ2v) is 6.72. The molecule has 0 radical (unpaired) electrons. The Hall–Kier alpha value is -1.79. The molecular formula is C15H21N3O2S. The van der Waals surface area contributed by atoms with Gasteiger partial charge in [0.15, 0.2) is 0 Å². The summed E-state index contributed by atoms with van der Waals surface area (Å²) < 4.78 is 25.1. The Kier molecular flexibility index (Phi) is 4.39. The number of nitrogens with one attached hydrogen (secondary N) is 1. The van der Waals surface area contributed by atoms with Crippen molar-refractivity contribution in [2.75, 3.05) is 5.32 Å². The quantitative estimate of drug-likeness (QED) is 0.890. The van der Waals surface area contributed by atoms with Crippen molar-refractivity contribution in [1.82, 2.24) is 4.57 Å². The molecule has 0 bridgehead atoms. The summed E-state index contributed by atoms with van der Waals surface area (Å²) >= 11 is 0. The number of primary sulfonamides is 1. The summed E-state index contributed by atoms with van der Waals surface area (Å²) in [5, 5.41) is 8.50. The third kappa shape index (κ3) is 3.65. The number of sulfonamides is 1. The van der Waals surface area contributed by atoms with E-state index in [1.165, 1.54) is 0 Å². The van der Waals surface area contributed by atoms with E-state index in [0.29, 0.717) is 6.54 Å². The average molecular weight is 307 g/mol. The molecule has 2 aromatic rings. The fourth-order valence-corrected chi connectivity index (χ4v) is 2.79. The molecule has 21 heavy (non-hydrogen) atoms. The number of nitrogens with two attached hydrogens (primary N) is 1. The molecule has 0 aliphatic heterocycles. The first kappa shape index (κ1) is 15.6. The van der Waals surface area contributed by atoms with Crippen LogP contribution in [-0.4, -0.2) is 13.0 Å². The zero-order chi connectivity index (χ0) is 15.6. The van der Waals surface area contributed by atoms with Crippen molar-refractivity contribution < 1.29 is 8.42 Å². The summed E-state index contributed by atoms with van der Waals surface area (Å²) in [6.07, 6.45) is 4.09. The summed E-state index contributed by atoms with van der Waals surface area (Å²) in [6, 6.07) is 5.24. The summed E-state index contributed by atoms with van der Waals surface area (Å²) in [7, 11) is -3.69. The molecule has 6 heteroatoms. The normalized spacial score (nSPS) is 11.6. The molecule has 0 amide bonds. The van der Waals surface area contributed by atoms with Gasteiger partial charge in [-0.3, -0.25) is 0 Å². The van der Waals surface area contributed by atoms with Gasteiger partial charge in [-0.05, 0) is 55.7 Å². The lowest BCUT2D eigenvalue weighted by atomic mass is 10.1. The van der Waals surface area contributed by atoms with Crippen molar-refractivity contribution >= 4 is 15.7 Å². The highest BCUT2D eigenvalue weighted by Crippen LogP contribution is 2.24. The van der Waals surface area contributed by atoms with Crippen LogP contribution in [0.15, 0.2) is 35.5 Å². The molecule has 0 fully saturated rings. The average Bonchev–Trinajstić information content (AvgIpc) is 2.87. The maximum atomic E-state index is 11.5. The number of rotatable bonds is 5. The first-order valence-corrected chi connectivity index (χ1v) is 8.38. The lowest BCUT2D eigenvalue weighted by molar-refractivity contribution is 0.597. The van der Waals surface area contributed by atoms with Crippen molar-refractivity contribution in [1.29, 1.82) is 0 Å². The molecule has 1 aromatic heterocycles. The van der Waals surface area contributed by atoms with Gasteiger partial charge in [0.2, 0.25) is 10.0 Å². The van der Waals surface area contributed by atoms with E-state index in [-0.39, 0.29) is 4.90 Å². The molecule has 2 rings (SSSR count). The SMILES string of the molecule is CCn1ccc(CNc2cc(S(N)(=O)=O)cc(C)c2C)c1. The van der Waals surface area contributed by atoms with Gasteiger partial charge in [0, 0.05) is 31.2 Å². The van der Waals surface area contributed by atoms with Crippen LogP contribution in [0.25, 0.3) is 0 Å². The van der Waals surface area contributed by atoms with Crippen molar-refractivity contribution in [3.8, 4) is 0 Å². The second kappa shape index (κ2) is 5.91. The van der Waals surface area contributed by atoms with Gasteiger partial charge in [-0.1, -0.05) is 0 Å². The highest BCUT2D eigenvalue weighted by Gasteiger charge is 2.12. The predicted molar refractivity (Wildman–Crippen MR) is 84.7 cm³/mol. The van der Waals surface area contributed by atoms with Crippen LogP contribution in [0.4, 0.5) is 5.69 Å². The minimum absolute atomic E-state index is 0.138. The maximum Gasteiger partial charge on any atom is 0.238 e. The van der Waals surface area contributed by atoms with Crippen LogP contribution >= 0.6 is 0 Å². The van der Waals surface area contributed by atoms with Gasteiger partial charge in [0.25, 0.3) is 0 Å². The molecule has 1 heterocycles. The van der Waals surface area contributed by atoms with Gasteiger partial charge in [-0.15, -0.1) is 0 Å². The Balaban J connectivity index is 2.25. The van der Waals surface area contributed by atoms with Crippen molar-refractivity contribution in [2.45, 2.75) is 38.8 Å². The standard InChI is InChI=1S/C15H21N3O2S/c1-4-18-6-5-13(10-18)9-17-15-8-14(21(16,19)20)7-11(2)12(15)3/h5-8,10,17H,4,9H2,1-3H3,(H2,16,19,20). The Labute approximate surface area is 125 Å². The van der Waals surface area contributed by atoms with Gasteiger partial charge in [0.1, 0.15) is 0 Å². The third-order valence-corrected chi connectivity index (χ3v) is 4.52. The minimum atomic E-state index is -3.69. The molecule has 0 atom stereocenters. The van der Waals surface area contributed by atoms with Crippen LogP contribution in [0.5, 0.6) is 0 Å². The van der Waals surface area contributed by atoms with Crippen LogP contribution in [0.3, 0.4) is 0 Å². The predicted octanol–water partition coefficient (Wildman–Crippen LogP) is 2.38. The van der Waals surface area contributed by atoms with Crippen LogP contribution in [-0.2, 0) is 23.1 Å². The van der Waals surface area contributed by atoms with Gasteiger partial charge >= 0.3 is 0 Å².